The fourth-order valence-electron chi connectivity index (χ4n) is 1.03. The van der Waals surface area contributed by atoms with E-state index in [2.05, 4.69) is 7.80 Å². The number of carbonyl (C=O) groups is 1. The summed E-state index contributed by atoms with van der Waals surface area (Å²) in [5.74, 6) is -1.40. The normalized spacial score (nSPS) is 11.0. The third kappa shape index (κ3) is 2.95. The lowest BCUT2D eigenvalue weighted by Gasteiger charge is -2.10. The van der Waals surface area contributed by atoms with E-state index in [0.717, 1.165) is 19.2 Å². The standard InChI is InChI=1S/C8H7IO7/c1-15-8-6(11)3-2-5(4-10)7(8)16-9(12,13)14/h2-4,11H,1H3. The molecule has 1 aromatic rings. The summed E-state index contributed by atoms with van der Waals surface area (Å²) in [6, 6.07) is 2.22. The molecule has 0 fully saturated rings. The van der Waals surface area contributed by atoms with Crippen LogP contribution in [0.5, 0.6) is 17.2 Å². The number of benzene rings is 1. The maximum absolute atomic E-state index is 10.6. The first-order chi connectivity index (χ1) is 7.39. The van der Waals surface area contributed by atoms with Gasteiger partial charge in [-0.2, -0.15) is 0 Å². The molecule has 8 heteroatoms. The molecule has 7 nitrogen and oxygen atoms in total. The summed E-state index contributed by atoms with van der Waals surface area (Å²) < 4.78 is 40.3. The Labute approximate surface area is 96.6 Å². The van der Waals surface area contributed by atoms with Crippen LogP contribution in [0.2, 0.25) is 0 Å². The lowest BCUT2D eigenvalue weighted by Crippen LogP contribution is -4.25. The quantitative estimate of drug-likeness (QED) is 0.427. The Kier molecular flexibility index (Phi) is 3.91. The molecule has 0 saturated heterocycles. The van der Waals surface area contributed by atoms with Gasteiger partial charge in [-0.15, -0.1) is 0 Å². The fourth-order valence-corrected chi connectivity index (χ4v) is 2.03. The van der Waals surface area contributed by atoms with Crippen molar-refractivity contribution in [2.45, 2.75) is 0 Å². The molecule has 1 N–H and O–H groups in total. The average molecular weight is 342 g/mol. The van der Waals surface area contributed by atoms with Gasteiger partial charge < -0.3 is 9.84 Å². The number of carbonyl (C=O) groups excluding carboxylic acids is 1. The summed E-state index contributed by atoms with van der Waals surface area (Å²) in [5.41, 5.74) is -0.204. The van der Waals surface area contributed by atoms with Crippen molar-refractivity contribution in [3.63, 3.8) is 0 Å². The van der Waals surface area contributed by atoms with Gasteiger partial charge in [0, 0.05) is 0 Å². The van der Waals surface area contributed by atoms with Crippen molar-refractivity contribution >= 4 is 6.29 Å². The van der Waals surface area contributed by atoms with Crippen LogP contribution in [0.15, 0.2) is 12.1 Å². The van der Waals surface area contributed by atoms with Crippen LogP contribution in [-0.2, 0) is 0 Å². The number of halogens is 1. The van der Waals surface area contributed by atoms with Crippen molar-refractivity contribution in [3.05, 3.63) is 17.7 Å². The van der Waals surface area contributed by atoms with E-state index in [1.54, 1.807) is 0 Å². The monoisotopic (exact) mass is 342 g/mol. The molecule has 0 aliphatic carbocycles. The first-order valence-electron chi connectivity index (χ1n) is 3.84. The maximum Gasteiger partial charge on any atom is 0.440 e. The molecule has 1 rings (SSSR count). The van der Waals surface area contributed by atoms with Crippen LogP contribution in [0, 0.1) is 0 Å². The van der Waals surface area contributed by atoms with E-state index in [9.17, 15) is 20.2 Å². The molecule has 0 spiro atoms. The van der Waals surface area contributed by atoms with Crippen LogP contribution < -0.4 is 38.2 Å². The van der Waals surface area contributed by atoms with Crippen molar-refractivity contribution in [3.8, 4) is 17.2 Å². The van der Waals surface area contributed by atoms with Crippen molar-refractivity contribution < 1.29 is 48.1 Å². The minimum absolute atomic E-state index is 0.204. The average Bonchev–Trinajstić information content (AvgIpc) is 2.16. The summed E-state index contributed by atoms with van der Waals surface area (Å²) >= 11 is -6.03. The Morgan fingerprint density at radius 1 is 1.31 bits per heavy atom. The molecule has 16 heavy (non-hydrogen) atoms. The van der Waals surface area contributed by atoms with Crippen molar-refractivity contribution in [2.75, 3.05) is 7.11 Å². The minimum Gasteiger partial charge on any atom is -0.504 e. The highest BCUT2D eigenvalue weighted by molar-refractivity contribution is 5.82. The summed E-state index contributed by atoms with van der Waals surface area (Å²) in [6.07, 6.45) is 0.282. The highest BCUT2D eigenvalue weighted by Gasteiger charge is 2.34. The molecular weight excluding hydrogens is 335 g/mol. The zero-order valence-electron chi connectivity index (χ0n) is 8.01. The van der Waals surface area contributed by atoms with Crippen LogP contribution in [-0.4, -0.2) is 18.5 Å². The number of aromatic hydroxyl groups is 1. The Balaban J connectivity index is 3.31. The molecule has 0 radical (unpaired) electrons. The van der Waals surface area contributed by atoms with Crippen LogP contribution in [0.25, 0.3) is 0 Å². The third-order valence-electron chi connectivity index (χ3n) is 1.62. The van der Waals surface area contributed by atoms with E-state index in [0.29, 0.717) is 0 Å². The number of phenolic OH excluding ortho intramolecular Hbond substituents is 1. The largest absolute Gasteiger partial charge is 0.504 e. The zero-order chi connectivity index (χ0) is 12.3. The lowest BCUT2D eigenvalue weighted by atomic mass is 10.2. The number of aldehydes is 1. The zero-order valence-corrected chi connectivity index (χ0v) is 10.2. The number of phenols is 1. The summed E-state index contributed by atoms with van der Waals surface area (Å²) in [7, 11) is 1.13. The molecule has 0 aliphatic rings. The van der Waals surface area contributed by atoms with Gasteiger partial charge >= 0.3 is 25.8 Å². The lowest BCUT2D eigenvalue weighted by molar-refractivity contribution is -1.91. The second-order valence-electron chi connectivity index (χ2n) is 2.61. The maximum atomic E-state index is 10.6. The third-order valence-corrected chi connectivity index (χ3v) is 2.60. The first kappa shape index (κ1) is 13.0. The molecule has 0 bridgehead atoms. The predicted molar refractivity (Wildman–Crippen MR) is 40.7 cm³/mol. The van der Waals surface area contributed by atoms with Crippen LogP contribution in [0.1, 0.15) is 10.4 Å². The van der Waals surface area contributed by atoms with Crippen LogP contribution in [0.3, 0.4) is 0 Å². The second kappa shape index (κ2) is 4.82. The molecule has 88 valence electrons. The van der Waals surface area contributed by atoms with Crippen LogP contribution >= 0.6 is 0 Å². The highest BCUT2D eigenvalue weighted by atomic mass is 127. The van der Waals surface area contributed by atoms with Crippen LogP contribution in [0.4, 0.5) is 0 Å². The van der Waals surface area contributed by atoms with Gasteiger partial charge in [0.15, 0.2) is 12.0 Å². The minimum atomic E-state index is -6.03. The fraction of sp³-hybridized carbons (Fsp3) is 0.125. The van der Waals surface area contributed by atoms with E-state index in [-0.39, 0.29) is 17.6 Å². The van der Waals surface area contributed by atoms with Gasteiger partial charge in [0.05, 0.1) is 12.7 Å². The molecule has 0 atom stereocenters. The van der Waals surface area contributed by atoms with E-state index in [1.165, 1.54) is 0 Å². The number of hydrogen-bond donors (Lipinski definition) is 1. The summed E-state index contributed by atoms with van der Waals surface area (Å²) in [6.45, 7) is 0. The predicted octanol–water partition coefficient (Wildman–Crippen LogP) is -5.51. The van der Waals surface area contributed by atoms with Crippen molar-refractivity contribution in [1.29, 1.82) is 0 Å². The van der Waals surface area contributed by atoms with Gasteiger partial charge in [-0.25, -0.2) is 10.3 Å². The van der Waals surface area contributed by atoms with Gasteiger partial charge in [0.25, 0.3) is 0 Å². The van der Waals surface area contributed by atoms with Gasteiger partial charge in [-0.3, -0.25) is 4.79 Å². The number of hydrogen-bond acceptors (Lipinski definition) is 7. The first-order valence-corrected chi connectivity index (χ1v) is 7.37. The Bertz CT molecular complexity index is 398. The van der Waals surface area contributed by atoms with E-state index in [4.69, 9.17) is 0 Å². The van der Waals surface area contributed by atoms with Gasteiger partial charge in [-0.05, 0) is 12.1 Å². The molecular formula is C8H7IO7. The van der Waals surface area contributed by atoms with E-state index < -0.39 is 31.6 Å². The molecule has 0 amide bonds. The Hall–Kier alpha value is -1.10. The smallest absolute Gasteiger partial charge is 0.440 e. The molecule has 0 saturated carbocycles. The molecule has 1 aromatic carbocycles. The summed E-state index contributed by atoms with van der Waals surface area (Å²) in [4.78, 5) is 10.6. The highest BCUT2D eigenvalue weighted by Crippen LogP contribution is 2.37. The Morgan fingerprint density at radius 3 is 2.38 bits per heavy atom. The number of rotatable bonds is 4. The van der Waals surface area contributed by atoms with E-state index >= 15 is 0 Å². The van der Waals surface area contributed by atoms with Gasteiger partial charge in [-0.1, -0.05) is 3.07 Å². The second-order valence-corrected chi connectivity index (χ2v) is 5.21. The van der Waals surface area contributed by atoms with Gasteiger partial charge in [0.1, 0.15) is 0 Å². The molecule has 0 aromatic heterocycles. The van der Waals surface area contributed by atoms with Crippen molar-refractivity contribution in [1.82, 2.24) is 0 Å². The summed E-state index contributed by atoms with van der Waals surface area (Å²) in [5, 5.41) is 9.30. The Morgan fingerprint density at radius 2 is 1.94 bits per heavy atom. The van der Waals surface area contributed by atoms with Crippen molar-refractivity contribution in [2.24, 2.45) is 0 Å². The topological polar surface area (TPSA) is 125 Å². The van der Waals surface area contributed by atoms with Gasteiger partial charge in [0.2, 0.25) is 5.75 Å². The number of methoxy groups -OCH3 is 1. The molecule has 0 aliphatic heterocycles. The SMILES string of the molecule is COc1c(O)ccc(C=O)c1O[I+3]([O-])([O-])[O-]. The van der Waals surface area contributed by atoms with E-state index in [1.807, 2.05) is 0 Å². The molecule has 0 heterocycles. The number of ether oxygens (including phenoxy) is 1. The molecule has 0 unspecified atom stereocenters.